The quantitative estimate of drug-likeness (QED) is 0.493. The molecule has 7 heteroatoms. The monoisotopic (exact) mass is 191 g/mol. The van der Waals surface area contributed by atoms with E-state index in [0.717, 1.165) is 5.69 Å². The van der Waals surface area contributed by atoms with Crippen molar-refractivity contribution in [2.75, 3.05) is 5.43 Å². The van der Waals surface area contributed by atoms with E-state index in [2.05, 4.69) is 25.7 Å². The summed E-state index contributed by atoms with van der Waals surface area (Å²) in [5.74, 6) is 5.80. The lowest BCUT2D eigenvalue weighted by atomic mass is 10.3. The van der Waals surface area contributed by atoms with Gasteiger partial charge in [-0.1, -0.05) is 5.21 Å². The van der Waals surface area contributed by atoms with Crippen LogP contribution in [0.1, 0.15) is 0 Å². The number of anilines is 1. The Morgan fingerprint density at radius 3 is 2.79 bits per heavy atom. The van der Waals surface area contributed by atoms with Crippen LogP contribution in [-0.4, -0.2) is 25.0 Å². The Morgan fingerprint density at radius 2 is 2.14 bits per heavy atom. The molecule has 14 heavy (non-hydrogen) atoms. The summed E-state index contributed by atoms with van der Waals surface area (Å²) in [5.41, 5.74) is 3.85. The fourth-order valence-corrected chi connectivity index (χ4v) is 1.14. The molecule has 2 rings (SSSR count). The number of nitrogens with zero attached hydrogens (tertiary/aromatic N) is 5. The summed E-state index contributed by atoms with van der Waals surface area (Å²) in [6, 6.07) is 0. The maximum atomic E-state index is 5.30. The molecule has 7 nitrogen and oxygen atoms in total. The summed E-state index contributed by atoms with van der Waals surface area (Å²) in [7, 11) is 1.78. The van der Waals surface area contributed by atoms with Crippen LogP contribution in [0.4, 0.5) is 5.82 Å². The van der Waals surface area contributed by atoms with E-state index < -0.39 is 0 Å². The van der Waals surface area contributed by atoms with Crippen molar-refractivity contribution in [2.24, 2.45) is 12.9 Å². The molecule has 0 spiro atoms. The second-order valence-electron chi connectivity index (χ2n) is 2.64. The van der Waals surface area contributed by atoms with E-state index in [9.17, 15) is 0 Å². The topological polar surface area (TPSA) is 94.5 Å². The molecule has 0 aromatic carbocycles. The van der Waals surface area contributed by atoms with Crippen LogP contribution in [0, 0.1) is 0 Å². The van der Waals surface area contributed by atoms with Gasteiger partial charge in [0.15, 0.2) is 5.82 Å². The van der Waals surface area contributed by atoms with Gasteiger partial charge in [-0.05, 0) is 0 Å². The predicted octanol–water partition coefficient (Wildman–Crippen LogP) is -0.442. The lowest BCUT2D eigenvalue weighted by Gasteiger charge is -2.04. The molecule has 72 valence electrons. The average Bonchev–Trinajstić information content (AvgIpc) is 2.64. The van der Waals surface area contributed by atoms with Gasteiger partial charge in [-0.15, -0.1) is 5.10 Å². The SMILES string of the molecule is Cn1nncc1-c1nccnc1NN. The van der Waals surface area contributed by atoms with Gasteiger partial charge in [-0.25, -0.2) is 20.5 Å². The van der Waals surface area contributed by atoms with Crippen molar-refractivity contribution in [3.8, 4) is 11.4 Å². The molecular weight excluding hydrogens is 182 g/mol. The normalized spacial score (nSPS) is 10.1. The van der Waals surface area contributed by atoms with Gasteiger partial charge in [0.2, 0.25) is 0 Å². The lowest BCUT2D eigenvalue weighted by Crippen LogP contribution is -2.11. The van der Waals surface area contributed by atoms with Crippen molar-refractivity contribution in [3.63, 3.8) is 0 Å². The number of rotatable bonds is 2. The molecule has 0 unspecified atom stereocenters. The lowest BCUT2D eigenvalue weighted by molar-refractivity contribution is 0.719. The molecule has 0 saturated carbocycles. The summed E-state index contributed by atoms with van der Waals surface area (Å²) in [6.07, 6.45) is 4.75. The van der Waals surface area contributed by atoms with E-state index in [1.165, 1.54) is 0 Å². The molecule has 0 atom stereocenters. The number of aromatic nitrogens is 5. The molecule has 2 aromatic heterocycles. The highest BCUT2D eigenvalue weighted by Crippen LogP contribution is 2.20. The van der Waals surface area contributed by atoms with E-state index >= 15 is 0 Å². The van der Waals surface area contributed by atoms with Crippen LogP contribution in [0.5, 0.6) is 0 Å². The molecule has 0 fully saturated rings. The minimum absolute atomic E-state index is 0.498. The first-order chi connectivity index (χ1) is 6.83. The average molecular weight is 191 g/mol. The maximum Gasteiger partial charge on any atom is 0.168 e. The number of nitrogen functional groups attached to an aromatic ring is 1. The van der Waals surface area contributed by atoms with Crippen LogP contribution in [0.15, 0.2) is 18.6 Å². The zero-order chi connectivity index (χ0) is 9.97. The number of hydrogen-bond acceptors (Lipinski definition) is 6. The summed E-state index contributed by atoms with van der Waals surface area (Å²) in [5, 5.41) is 7.55. The second kappa shape index (κ2) is 3.38. The van der Waals surface area contributed by atoms with Crippen molar-refractivity contribution >= 4 is 5.82 Å². The van der Waals surface area contributed by atoms with Gasteiger partial charge < -0.3 is 5.43 Å². The van der Waals surface area contributed by atoms with E-state index in [4.69, 9.17) is 5.84 Å². The fraction of sp³-hybridized carbons (Fsp3) is 0.143. The highest BCUT2D eigenvalue weighted by Gasteiger charge is 2.10. The molecule has 0 aliphatic rings. The molecule has 2 heterocycles. The number of nitrogens with two attached hydrogens (primary N) is 1. The Hall–Kier alpha value is -2.02. The molecule has 0 aliphatic heterocycles. The third kappa shape index (κ3) is 1.29. The Kier molecular flexibility index (Phi) is 2.07. The third-order valence-electron chi connectivity index (χ3n) is 1.79. The van der Waals surface area contributed by atoms with E-state index in [1.807, 2.05) is 0 Å². The Morgan fingerprint density at radius 1 is 1.36 bits per heavy atom. The summed E-state index contributed by atoms with van der Waals surface area (Å²) in [6.45, 7) is 0. The van der Waals surface area contributed by atoms with Crippen LogP contribution >= 0.6 is 0 Å². The first-order valence-electron chi connectivity index (χ1n) is 3.95. The zero-order valence-corrected chi connectivity index (χ0v) is 7.55. The van der Waals surface area contributed by atoms with Gasteiger partial charge in [0.25, 0.3) is 0 Å². The Balaban J connectivity index is 2.56. The zero-order valence-electron chi connectivity index (χ0n) is 7.55. The molecule has 0 radical (unpaired) electrons. The molecule has 0 amide bonds. The summed E-state index contributed by atoms with van der Waals surface area (Å²) >= 11 is 0. The first-order valence-corrected chi connectivity index (χ1v) is 3.95. The Bertz CT molecular complexity index is 435. The van der Waals surface area contributed by atoms with E-state index in [1.54, 1.807) is 30.3 Å². The minimum Gasteiger partial charge on any atom is -0.307 e. The predicted molar refractivity (Wildman–Crippen MR) is 49.8 cm³/mol. The highest BCUT2D eigenvalue weighted by molar-refractivity contribution is 5.66. The van der Waals surface area contributed by atoms with E-state index in [0.29, 0.717) is 11.5 Å². The molecular formula is C7H9N7. The molecule has 3 N–H and O–H groups in total. The number of nitrogens with one attached hydrogen (secondary N) is 1. The molecule has 0 saturated heterocycles. The molecule has 0 aliphatic carbocycles. The standard InChI is InChI=1S/C7H9N7/c1-14-5(4-11-13-14)6-7(12-8)10-3-2-9-6/h2-4H,8H2,1H3,(H,10,12). The highest BCUT2D eigenvalue weighted by atomic mass is 15.4. The van der Waals surface area contributed by atoms with Crippen molar-refractivity contribution in [2.45, 2.75) is 0 Å². The third-order valence-corrected chi connectivity index (χ3v) is 1.79. The summed E-state index contributed by atoms with van der Waals surface area (Å²) in [4.78, 5) is 8.17. The maximum absolute atomic E-state index is 5.30. The molecule has 2 aromatic rings. The van der Waals surface area contributed by atoms with Gasteiger partial charge >= 0.3 is 0 Å². The van der Waals surface area contributed by atoms with Crippen molar-refractivity contribution in [1.29, 1.82) is 0 Å². The number of hydrazine groups is 1. The van der Waals surface area contributed by atoms with Gasteiger partial charge in [-0.2, -0.15) is 0 Å². The van der Waals surface area contributed by atoms with Gasteiger partial charge in [0.05, 0.1) is 6.20 Å². The van der Waals surface area contributed by atoms with Crippen molar-refractivity contribution in [1.82, 2.24) is 25.0 Å². The van der Waals surface area contributed by atoms with E-state index in [-0.39, 0.29) is 0 Å². The summed E-state index contributed by atoms with van der Waals surface area (Å²) < 4.78 is 1.60. The number of hydrogen-bond donors (Lipinski definition) is 2. The fourth-order valence-electron chi connectivity index (χ4n) is 1.14. The van der Waals surface area contributed by atoms with Crippen LogP contribution in [0.2, 0.25) is 0 Å². The van der Waals surface area contributed by atoms with Crippen LogP contribution in [0.25, 0.3) is 11.4 Å². The van der Waals surface area contributed by atoms with Gasteiger partial charge in [0.1, 0.15) is 11.4 Å². The minimum atomic E-state index is 0.498. The Labute approximate surface area is 79.9 Å². The van der Waals surface area contributed by atoms with Crippen molar-refractivity contribution < 1.29 is 0 Å². The van der Waals surface area contributed by atoms with Crippen LogP contribution < -0.4 is 11.3 Å². The van der Waals surface area contributed by atoms with Crippen molar-refractivity contribution in [3.05, 3.63) is 18.6 Å². The number of aryl methyl sites for hydroxylation is 1. The van der Waals surface area contributed by atoms with Gasteiger partial charge in [0, 0.05) is 19.4 Å². The largest absolute Gasteiger partial charge is 0.307 e. The first kappa shape index (κ1) is 8.57. The van der Waals surface area contributed by atoms with Crippen LogP contribution in [0.3, 0.4) is 0 Å². The smallest absolute Gasteiger partial charge is 0.168 e. The molecule has 0 bridgehead atoms. The van der Waals surface area contributed by atoms with Crippen LogP contribution in [-0.2, 0) is 7.05 Å². The van der Waals surface area contributed by atoms with Gasteiger partial charge in [-0.3, -0.25) is 0 Å². The second-order valence-corrected chi connectivity index (χ2v) is 2.64.